The Balaban J connectivity index is 2.24. The first kappa shape index (κ1) is 28.9. The first-order chi connectivity index (χ1) is 15.8. The minimum Gasteiger partial charge on any atom is -0.431 e. The molecule has 0 spiro atoms. The van der Waals surface area contributed by atoms with Crippen molar-refractivity contribution in [3.05, 3.63) is 23.5 Å². The van der Waals surface area contributed by atoms with Crippen molar-refractivity contribution < 1.29 is 29.1 Å². The highest BCUT2D eigenvalue weighted by Gasteiger charge is 2.37. The third-order valence-electron chi connectivity index (χ3n) is 5.98. The van der Waals surface area contributed by atoms with Crippen LogP contribution in [0.25, 0.3) is 0 Å². The molecular formula is C26H43NO6. The monoisotopic (exact) mass is 465 g/mol. The van der Waals surface area contributed by atoms with E-state index in [2.05, 4.69) is 6.92 Å². The van der Waals surface area contributed by atoms with Gasteiger partial charge in [-0.3, -0.25) is 4.79 Å². The van der Waals surface area contributed by atoms with Crippen LogP contribution >= 0.6 is 0 Å². The Morgan fingerprint density at radius 1 is 1.00 bits per heavy atom. The number of ether oxygens (including phenoxy) is 1. The summed E-state index contributed by atoms with van der Waals surface area (Å²) >= 11 is 0. The van der Waals surface area contributed by atoms with Crippen LogP contribution in [0.4, 0.5) is 0 Å². The third kappa shape index (κ3) is 11.5. The highest BCUT2D eigenvalue weighted by atomic mass is 16.7. The maximum Gasteiger partial charge on any atom is 0.362 e. The molecule has 7 nitrogen and oxygen atoms in total. The van der Waals surface area contributed by atoms with Crippen LogP contribution in [-0.4, -0.2) is 40.7 Å². The van der Waals surface area contributed by atoms with Gasteiger partial charge >= 0.3 is 11.9 Å². The maximum absolute atomic E-state index is 12.1. The van der Waals surface area contributed by atoms with Crippen molar-refractivity contribution in [1.82, 2.24) is 5.06 Å². The quantitative estimate of drug-likeness (QED) is 0.142. The number of carbonyl (C=O) groups excluding carboxylic acids is 3. The number of nitrogens with zero attached hydrogens (tertiary/aromatic N) is 1. The molecule has 33 heavy (non-hydrogen) atoms. The third-order valence-corrected chi connectivity index (χ3v) is 5.98. The lowest BCUT2D eigenvalue weighted by molar-refractivity contribution is -0.191. The summed E-state index contributed by atoms with van der Waals surface area (Å²) in [6.45, 7) is 7.14. The maximum atomic E-state index is 12.1. The molecule has 0 aromatic heterocycles. The number of aliphatic hydroxyl groups excluding tert-OH is 1. The molecule has 1 fully saturated rings. The largest absolute Gasteiger partial charge is 0.431 e. The van der Waals surface area contributed by atoms with Crippen molar-refractivity contribution in [2.24, 2.45) is 5.92 Å². The standard InChI is InChI=1S/C26H43NO6/c1-5-6-7-8-9-10-11-12-13-14-15-16-20(2)25(30)32-19-21(3)26(31)33-27-18-17-23(22(4)28)24(27)29/h16,19,22-23,28H,5-15,17-18H2,1-4H3/b20-16+,21-19+. The van der Waals surface area contributed by atoms with Gasteiger partial charge in [0.1, 0.15) is 6.26 Å². The first-order valence-corrected chi connectivity index (χ1v) is 12.5. The fourth-order valence-electron chi connectivity index (χ4n) is 3.70. The van der Waals surface area contributed by atoms with Crippen molar-refractivity contribution >= 4 is 17.8 Å². The molecule has 1 aliphatic rings. The normalized spacial score (nSPS) is 17.9. The van der Waals surface area contributed by atoms with Crippen LogP contribution in [0.1, 0.15) is 105 Å². The van der Waals surface area contributed by atoms with Crippen LogP contribution in [0.2, 0.25) is 0 Å². The van der Waals surface area contributed by atoms with E-state index >= 15 is 0 Å². The number of allylic oxidation sites excluding steroid dienone is 1. The highest BCUT2D eigenvalue weighted by Crippen LogP contribution is 2.22. The zero-order valence-electron chi connectivity index (χ0n) is 20.9. The molecule has 0 radical (unpaired) electrons. The van der Waals surface area contributed by atoms with Crippen LogP contribution in [0.15, 0.2) is 23.5 Å². The van der Waals surface area contributed by atoms with Crippen molar-refractivity contribution in [2.45, 2.75) is 111 Å². The van der Waals surface area contributed by atoms with Gasteiger partial charge in [0.05, 0.1) is 24.1 Å². The van der Waals surface area contributed by atoms with E-state index in [0.717, 1.165) is 30.6 Å². The van der Waals surface area contributed by atoms with E-state index in [4.69, 9.17) is 9.57 Å². The number of rotatable bonds is 16. The molecule has 0 aromatic carbocycles. The Morgan fingerprint density at radius 2 is 1.58 bits per heavy atom. The van der Waals surface area contributed by atoms with E-state index in [1.54, 1.807) is 6.92 Å². The van der Waals surface area contributed by atoms with Crippen LogP contribution in [0, 0.1) is 5.92 Å². The van der Waals surface area contributed by atoms with Gasteiger partial charge in [-0.1, -0.05) is 70.8 Å². The Bertz CT molecular complexity index is 682. The van der Waals surface area contributed by atoms with Gasteiger partial charge in [0.15, 0.2) is 0 Å². The Labute approximate surface area is 199 Å². The zero-order chi connectivity index (χ0) is 24.6. The Kier molecular flexibility index (Phi) is 14.4. The van der Waals surface area contributed by atoms with Crippen LogP contribution < -0.4 is 0 Å². The van der Waals surface area contributed by atoms with Gasteiger partial charge in [-0.15, -0.1) is 0 Å². The zero-order valence-corrected chi connectivity index (χ0v) is 20.9. The lowest BCUT2D eigenvalue weighted by Gasteiger charge is -2.16. The lowest BCUT2D eigenvalue weighted by Crippen LogP contribution is -2.33. The van der Waals surface area contributed by atoms with Gasteiger partial charge in [0.25, 0.3) is 5.91 Å². The van der Waals surface area contributed by atoms with Gasteiger partial charge in [-0.05, 0) is 40.0 Å². The summed E-state index contributed by atoms with van der Waals surface area (Å²) in [6, 6.07) is 0. The summed E-state index contributed by atoms with van der Waals surface area (Å²) in [5.74, 6) is -2.27. The van der Waals surface area contributed by atoms with Crippen molar-refractivity contribution in [3.63, 3.8) is 0 Å². The number of hydrogen-bond donors (Lipinski definition) is 1. The van der Waals surface area contributed by atoms with Gasteiger partial charge in [0, 0.05) is 5.57 Å². The number of aliphatic hydroxyl groups is 1. The van der Waals surface area contributed by atoms with E-state index in [9.17, 15) is 19.5 Å². The van der Waals surface area contributed by atoms with Crippen LogP contribution in [0.5, 0.6) is 0 Å². The van der Waals surface area contributed by atoms with Gasteiger partial charge in [0.2, 0.25) is 0 Å². The molecule has 1 saturated heterocycles. The smallest absolute Gasteiger partial charge is 0.362 e. The average molecular weight is 466 g/mol. The number of carbonyl (C=O) groups is 3. The summed E-state index contributed by atoms with van der Waals surface area (Å²) in [6.07, 6.45) is 16.1. The molecule has 1 aliphatic heterocycles. The highest BCUT2D eigenvalue weighted by molar-refractivity contribution is 5.91. The van der Waals surface area contributed by atoms with Gasteiger partial charge in [-0.2, -0.15) is 5.06 Å². The van der Waals surface area contributed by atoms with E-state index in [1.165, 1.54) is 65.2 Å². The molecule has 2 atom stereocenters. The van der Waals surface area contributed by atoms with Crippen LogP contribution in [0.3, 0.4) is 0 Å². The van der Waals surface area contributed by atoms with Crippen molar-refractivity contribution in [3.8, 4) is 0 Å². The topological polar surface area (TPSA) is 93.1 Å². The predicted octanol–water partition coefficient (Wildman–Crippen LogP) is 5.38. The fraction of sp³-hybridized carbons (Fsp3) is 0.731. The van der Waals surface area contributed by atoms with E-state index in [1.807, 2.05) is 6.08 Å². The molecule has 1 heterocycles. The molecule has 188 valence electrons. The summed E-state index contributed by atoms with van der Waals surface area (Å²) < 4.78 is 5.07. The summed E-state index contributed by atoms with van der Waals surface area (Å²) in [5, 5.41) is 10.5. The van der Waals surface area contributed by atoms with Gasteiger partial charge in [-0.25, -0.2) is 9.59 Å². The lowest BCUT2D eigenvalue weighted by atomic mass is 10.0. The average Bonchev–Trinajstić information content (AvgIpc) is 3.15. The number of hydrogen-bond acceptors (Lipinski definition) is 6. The first-order valence-electron chi connectivity index (χ1n) is 12.5. The number of hydroxylamine groups is 2. The van der Waals surface area contributed by atoms with E-state index < -0.39 is 29.9 Å². The molecule has 1 amide bonds. The second-order valence-corrected chi connectivity index (χ2v) is 9.02. The second-order valence-electron chi connectivity index (χ2n) is 9.02. The molecule has 0 bridgehead atoms. The number of unbranched alkanes of at least 4 members (excludes halogenated alkanes) is 10. The minimum absolute atomic E-state index is 0.0686. The fourth-order valence-corrected chi connectivity index (χ4v) is 3.70. The summed E-state index contributed by atoms with van der Waals surface area (Å²) in [7, 11) is 0. The minimum atomic E-state index is -0.797. The molecule has 1 rings (SSSR count). The van der Waals surface area contributed by atoms with E-state index in [0.29, 0.717) is 12.0 Å². The predicted molar refractivity (Wildman–Crippen MR) is 128 cm³/mol. The SMILES string of the molecule is CCCCCCCCCCCC/C=C(\C)C(=O)O/C=C(\C)C(=O)ON1CCC(C(C)O)C1=O. The van der Waals surface area contributed by atoms with Gasteiger partial charge < -0.3 is 14.7 Å². The van der Waals surface area contributed by atoms with Crippen LogP contribution in [-0.2, 0) is 24.0 Å². The summed E-state index contributed by atoms with van der Waals surface area (Å²) in [4.78, 5) is 41.4. The Hall–Kier alpha value is -2.15. The Morgan fingerprint density at radius 3 is 2.12 bits per heavy atom. The molecule has 0 saturated carbocycles. The summed E-state index contributed by atoms with van der Waals surface area (Å²) in [5.41, 5.74) is 0.567. The van der Waals surface area contributed by atoms with Crippen molar-refractivity contribution in [2.75, 3.05) is 6.54 Å². The molecule has 2 unspecified atom stereocenters. The number of esters is 1. The van der Waals surface area contributed by atoms with E-state index in [-0.39, 0.29) is 12.1 Å². The second kappa shape index (κ2) is 16.5. The molecule has 0 aliphatic carbocycles. The molecule has 0 aromatic rings. The molecule has 1 N–H and O–H groups in total. The van der Waals surface area contributed by atoms with Crippen molar-refractivity contribution in [1.29, 1.82) is 0 Å². The number of amides is 1. The molecular weight excluding hydrogens is 422 g/mol. The molecule has 7 heteroatoms.